The fourth-order valence-corrected chi connectivity index (χ4v) is 5.12. The Morgan fingerprint density at radius 3 is 2.28 bits per heavy atom. The summed E-state index contributed by atoms with van der Waals surface area (Å²) < 4.78 is 27.3. The van der Waals surface area contributed by atoms with Crippen molar-refractivity contribution in [1.29, 1.82) is 0 Å². The third kappa shape index (κ3) is 9.09. The van der Waals surface area contributed by atoms with Gasteiger partial charge in [-0.1, -0.05) is 45.7 Å². The normalized spacial score (nSPS) is 12.7. The Labute approximate surface area is 228 Å². The van der Waals surface area contributed by atoms with Crippen molar-refractivity contribution in [2.24, 2.45) is 0 Å². The van der Waals surface area contributed by atoms with E-state index in [4.69, 9.17) is 11.6 Å². The highest BCUT2D eigenvalue weighted by atomic mass is 79.9. The molecule has 0 heterocycles. The van der Waals surface area contributed by atoms with Crippen molar-refractivity contribution in [3.63, 3.8) is 0 Å². The topological polar surface area (TPSA) is 86.8 Å². The molecular formula is C26H35BrClN3O4S. The zero-order valence-electron chi connectivity index (χ0n) is 21.6. The van der Waals surface area contributed by atoms with E-state index in [0.717, 1.165) is 21.9 Å². The minimum atomic E-state index is -3.60. The van der Waals surface area contributed by atoms with E-state index >= 15 is 0 Å². The smallest absolute Gasteiger partial charge is 0.242 e. The second kappa shape index (κ2) is 12.4. The molecule has 0 bridgehead atoms. The Morgan fingerprint density at radius 1 is 1.11 bits per heavy atom. The van der Waals surface area contributed by atoms with Crippen LogP contribution in [-0.4, -0.2) is 49.5 Å². The van der Waals surface area contributed by atoms with Gasteiger partial charge in [-0.15, -0.1) is 0 Å². The van der Waals surface area contributed by atoms with Crippen LogP contribution in [0.3, 0.4) is 0 Å². The molecule has 36 heavy (non-hydrogen) atoms. The number of hydrogen-bond donors (Lipinski definition) is 1. The van der Waals surface area contributed by atoms with Gasteiger partial charge in [0.05, 0.1) is 11.9 Å². The second-order valence-corrected chi connectivity index (χ2v) is 13.2. The van der Waals surface area contributed by atoms with E-state index in [-0.39, 0.29) is 37.7 Å². The fraction of sp³-hybridized carbons (Fsp3) is 0.462. The van der Waals surface area contributed by atoms with E-state index in [9.17, 15) is 18.0 Å². The Hall–Kier alpha value is -2.10. The van der Waals surface area contributed by atoms with Crippen LogP contribution < -0.4 is 9.62 Å². The van der Waals surface area contributed by atoms with Crippen LogP contribution in [0, 0.1) is 6.92 Å². The molecule has 2 rings (SSSR count). The molecule has 0 aliphatic heterocycles. The Morgan fingerprint density at radius 2 is 1.72 bits per heavy atom. The molecule has 1 atom stereocenters. The number of rotatable bonds is 10. The Kier molecular flexibility index (Phi) is 10.4. The lowest BCUT2D eigenvalue weighted by atomic mass is 10.1. The summed E-state index contributed by atoms with van der Waals surface area (Å²) in [6, 6.07) is 11.9. The number of halogens is 2. The van der Waals surface area contributed by atoms with Crippen LogP contribution in [0.15, 0.2) is 46.9 Å². The van der Waals surface area contributed by atoms with E-state index in [1.165, 1.54) is 4.31 Å². The molecule has 0 saturated carbocycles. The molecule has 2 aromatic carbocycles. The average molecular weight is 601 g/mol. The molecule has 10 heteroatoms. The first-order valence-corrected chi connectivity index (χ1v) is 14.7. The maximum atomic E-state index is 13.4. The summed E-state index contributed by atoms with van der Waals surface area (Å²) >= 11 is 9.52. The number of benzene rings is 2. The quantitative estimate of drug-likeness (QED) is 0.402. The molecule has 0 unspecified atom stereocenters. The molecular weight excluding hydrogens is 566 g/mol. The molecule has 0 aromatic heterocycles. The number of anilines is 1. The van der Waals surface area contributed by atoms with E-state index in [0.29, 0.717) is 10.7 Å². The molecule has 0 spiro atoms. The van der Waals surface area contributed by atoms with Crippen molar-refractivity contribution in [1.82, 2.24) is 10.2 Å². The summed E-state index contributed by atoms with van der Waals surface area (Å²) in [6.07, 6.45) is 1.49. The summed E-state index contributed by atoms with van der Waals surface area (Å²) in [5.41, 5.74) is 1.69. The molecule has 2 amide bonds. The second-order valence-electron chi connectivity index (χ2n) is 9.93. The van der Waals surface area contributed by atoms with Gasteiger partial charge >= 0.3 is 0 Å². The van der Waals surface area contributed by atoms with E-state index < -0.39 is 21.6 Å². The van der Waals surface area contributed by atoms with Gasteiger partial charge in [0.15, 0.2) is 0 Å². The minimum Gasteiger partial charge on any atom is -0.350 e. The van der Waals surface area contributed by atoms with Crippen LogP contribution in [-0.2, 0) is 26.2 Å². The molecule has 1 N–H and O–H groups in total. The van der Waals surface area contributed by atoms with Crippen LogP contribution in [0.25, 0.3) is 0 Å². The van der Waals surface area contributed by atoms with Gasteiger partial charge in [-0.2, -0.15) is 0 Å². The molecule has 0 aliphatic carbocycles. The summed E-state index contributed by atoms with van der Waals surface area (Å²) in [4.78, 5) is 27.8. The zero-order chi connectivity index (χ0) is 27.3. The maximum absolute atomic E-state index is 13.4. The summed E-state index contributed by atoms with van der Waals surface area (Å²) in [5, 5.41) is 3.37. The standard InChI is InChI=1S/C26H35BrClN3O4S/c1-18-9-14-22(28)16-23(18)31(36(6,34)35)15-7-8-24(32)30(17-20-10-12-21(27)13-11-20)19(2)25(33)29-26(3,4)5/h9-14,16,19H,7-8,15,17H2,1-6H3,(H,29,33)/t19-/m1/s1. The lowest BCUT2D eigenvalue weighted by molar-refractivity contribution is -0.141. The number of nitrogens with zero attached hydrogens (tertiary/aromatic N) is 2. The van der Waals surface area contributed by atoms with Gasteiger partial charge in [-0.3, -0.25) is 13.9 Å². The van der Waals surface area contributed by atoms with E-state index in [2.05, 4.69) is 21.2 Å². The van der Waals surface area contributed by atoms with Gasteiger partial charge < -0.3 is 10.2 Å². The molecule has 0 fully saturated rings. The molecule has 2 aromatic rings. The number of carbonyl (C=O) groups excluding carboxylic acids is 2. The first-order valence-electron chi connectivity index (χ1n) is 11.7. The van der Waals surface area contributed by atoms with Crippen molar-refractivity contribution in [3.05, 3.63) is 63.1 Å². The molecule has 0 radical (unpaired) electrons. The molecule has 198 valence electrons. The van der Waals surface area contributed by atoms with Crippen molar-refractivity contribution < 1.29 is 18.0 Å². The van der Waals surface area contributed by atoms with Gasteiger partial charge in [-0.25, -0.2) is 8.42 Å². The fourth-order valence-electron chi connectivity index (χ4n) is 3.68. The molecule has 0 saturated heterocycles. The van der Waals surface area contributed by atoms with Gasteiger partial charge in [0, 0.05) is 34.5 Å². The van der Waals surface area contributed by atoms with Crippen molar-refractivity contribution in [2.75, 3.05) is 17.1 Å². The van der Waals surface area contributed by atoms with Gasteiger partial charge in [0.1, 0.15) is 6.04 Å². The van der Waals surface area contributed by atoms with Crippen molar-refractivity contribution in [3.8, 4) is 0 Å². The average Bonchev–Trinajstić information content (AvgIpc) is 2.75. The Bertz CT molecular complexity index is 1180. The summed E-state index contributed by atoms with van der Waals surface area (Å²) in [6.45, 7) is 9.54. The van der Waals surface area contributed by atoms with E-state index in [1.807, 2.05) is 52.0 Å². The summed E-state index contributed by atoms with van der Waals surface area (Å²) in [7, 11) is -3.60. The lowest BCUT2D eigenvalue weighted by Crippen LogP contribution is -2.52. The van der Waals surface area contributed by atoms with Gasteiger partial charge in [0.25, 0.3) is 0 Å². The third-order valence-electron chi connectivity index (χ3n) is 5.52. The number of sulfonamides is 1. The van der Waals surface area contributed by atoms with Crippen LogP contribution in [0.5, 0.6) is 0 Å². The van der Waals surface area contributed by atoms with E-state index in [1.54, 1.807) is 30.0 Å². The van der Waals surface area contributed by atoms with Crippen molar-refractivity contribution in [2.45, 2.75) is 65.6 Å². The van der Waals surface area contributed by atoms with Crippen LogP contribution in [0.4, 0.5) is 5.69 Å². The number of carbonyl (C=O) groups is 2. The Balaban J connectivity index is 2.22. The molecule has 0 aliphatic rings. The first-order chi connectivity index (χ1) is 16.6. The highest BCUT2D eigenvalue weighted by Gasteiger charge is 2.28. The SMILES string of the molecule is Cc1ccc(Cl)cc1N(CCCC(=O)N(Cc1ccc(Br)cc1)[C@H](C)C(=O)NC(C)(C)C)S(C)(=O)=O. The monoisotopic (exact) mass is 599 g/mol. The predicted octanol–water partition coefficient (Wildman–Crippen LogP) is 5.29. The summed E-state index contributed by atoms with van der Waals surface area (Å²) in [5.74, 6) is -0.481. The highest BCUT2D eigenvalue weighted by molar-refractivity contribution is 9.10. The van der Waals surface area contributed by atoms with Crippen molar-refractivity contribution >= 4 is 55.1 Å². The van der Waals surface area contributed by atoms with Crippen LogP contribution >= 0.6 is 27.5 Å². The minimum absolute atomic E-state index is 0.0787. The third-order valence-corrected chi connectivity index (χ3v) is 7.47. The maximum Gasteiger partial charge on any atom is 0.242 e. The lowest BCUT2D eigenvalue weighted by Gasteiger charge is -2.32. The van der Waals surface area contributed by atoms with Gasteiger partial charge in [-0.05, 0) is 76.4 Å². The van der Waals surface area contributed by atoms with Crippen LogP contribution in [0.1, 0.15) is 51.7 Å². The number of hydrogen-bond acceptors (Lipinski definition) is 4. The van der Waals surface area contributed by atoms with Crippen LogP contribution in [0.2, 0.25) is 5.02 Å². The number of aryl methyl sites for hydroxylation is 1. The first kappa shape index (κ1) is 30.1. The van der Waals surface area contributed by atoms with Gasteiger partial charge in [0.2, 0.25) is 21.8 Å². The number of nitrogens with one attached hydrogen (secondary N) is 1. The number of amides is 2. The largest absolute Gasteiger partial charge is 0.350 e. The zero-order valence-corrected chi connectivity index (χ0v) is 24.8. The highest BCUT2D eigenvalue weighted by Crippen LogP contribution is 2.27. The molecule has 7 nitrogen and oxygen atoms in total. The predicted molar refractivity (Wildman–Crippen MR) is 150 cm³/mol.